The fourth-order valence-corrected chi connectivity index (χ4v) is 1.17. The summed E-state index contributed by atoms with van der Waals surface area (Å²) in [5.41, 5.74) is 7.28. The minimum atomic E-state index is 0.532. The van der Waals surface area contributed by atoms with E-state index in [9.17, 15) is 0 Å². The highest BCUT2D eigenvalue weighted by Gasteiger charge is 1.96. The van der Waals surface area contributed by atoms with Gasteiger partial charge in [-0.3, -0.25) is 0 Å². The van der Waals surface area contributed by atoms with Gasteiger partial charge < -0.3 is 5.73 Å². The molecule has 0 radical (unpaired) electrons. The largest absolute Gasteiger partial charge is 0.387 e. The van der Waals surface area contributed by atoms with E-state index in [1.807, 2.05) is 30.3 Å². The van der Waals surface area contributed by atoms with E-state index in [4.69, 9.17) is 5.73 Å². The first-order chi connectivity index (χ1) is 6.24. The van der Waals surface area contributed by atoms with Crippen molar-refractivity contribution in [1.29, 1.82) is 0 Å². The molecule has 2 N–H and O–H groups in total. The molecule has 2 nitrogen and oxygen atoms in total. The summed E-state index contributed by atoms with van der Waals surface area (Å²) in [6, 6.07) is 9.80. The maximum Gasteiger partial charge on any atom is 0.0965 e. The quantitative estimate of drug-likeness (QED) is 0.421. The van der Waals surface area contributed by atoms with Crippen molar-refractivity contribution >= 4 is 24.2 Å². The highest BCUT2D eigenvalue weighted by molar-refractivity contribution is 7.83. The lowest BCUT2D eigenvalue weighted by molar-refractivity contribution is 1.45. The van der Waals surface area contributed by atoms with Crippen LogP contribution in [0.1, 0.15) is 12.5 Å². The lowest BCUT2D eigenvalue weighted by Gasteiger charge is -2.00. The third-order valence-electron chi connectivity index (χ3n) is 1.49. The van der Waals surface area contributed by atoms with Gasteiger partial charge in [0.2, 0.25) is 0 Å². The molecule has 0 aliphatic rings. The normalized spacial score (nSPS) is 13.1. The number of nitrogens with two attached hydrogens (primary N) is 1. The van der Waals surface area contributed by atoms with E-state index >= 15 is 0 Å². The van der Waals surface area contributed by atoms with Gasteiger partial charge in [-0.05, 0) is 12.3 Å². The number of hydrogen-bond donors (Lipinski definition) is 2. The Kier molecular flexibility index (Phi) is 3.58. The van der Waals surface area contributed by atoms with E-state index in [2.05, 4.69) is 17.6 Å². The number of amidine groups is 1. The van der Waals surface area contributed by atoms with Crippen LogP contribution in [0, 0.1) is 0 Å². The van der Waals surface area contributed by atoms with Gasteiger partial charge >= 0.3 is 0 Å². The van der Waals surface area contributed by atoms with Crippen molar-refractivity contribution < 1.29 is 0 Å². The predicted molar refractivity (Wildman–Crippen MR) is 60.7 cm³/mol. The predicted octanol–water partition coefficient (Wildman–Crippen LogP) is 2.29. The SMILES string of the molecule is CC(N)=N/C(=C\S)c1ccccc1. The first kappa shape index (κ1) is 9.86. The van der Waals surface area contributed by atoms with Crippen LogP contribution in [0.25, 0.3) is 5.70 Å². The standard InChI is InChI=1S/C10H12N2S/c1-8(11)12-10(7-13)9-5-3-2-4-6-9/h2-7,13H,1H3,(H2,11,12)/b10-7-. The van der Waals surface area contributed by atoms with Gasteiger partial charge in [-0.1, -0.05) is 30.3 Å². The van der Waals surface area contributed by atoms with Gasteiger partial charge in [-0.25, -0.2) is 4.99 Å². The zero-order chi connectivity index (χ0) is 9.68. The zero-order valence-corrected chi connectivity index (χ0v) is 8.33. The summed E-state index contributed by atoms with van der Waals surface area (Å²) >= 11 is 4.08. The Morgan fingerprint density at radius 3 is 2.46 bits per heavy atom. The number of aliphatic imine (C=N–C) groups is 1. The Morgan fingerprint density at radius 2 is 2.00 bits per heavy atom. The van der Waals surface area contributed by atoms with Crippen LogP contribution in [-0.4, -0.2) is 5.84 Å². The van der Waals surface area contributed by atoms with E-state index in [1.165, 1.54) is 0 Å². The summed E-state index contributed by atoms with van der Waals surface area (Å²) in [6.45, 7) is 1.75. The summed E-state index contributed by atoms with van der Waals surface area (Å²) in [5.74, 6) is 0.532. The van der Waals surface area contributed by atoms with E-state index < -0.39 is 0 Å². The average molecular weight is 192 g/mol. The van der Waals surface area contributed by atoms with E-state index in [1.54, 1.807) is 12.3 Å². The molecule has 68 valence electrons. The van der Waals surface area contributed by atoms with Crippen molar-refractivity contribution in [3.05, 3.63) is 41.3 Å². The van der Waals surface area contributed by atoms with Crippen molar-refractivity contribution in [3.63, 3.8) is 0 Å². The van der Waals surface area contributed by atoms with Crippen molar-refractivity contribution in [2.75, 3.05) is 0 Å². The third-order valence-corrected chi connectivity index (χ3v) is 1.73. The van der Waals surface area contributed by atoms with Crippen LogP contribution < -0.4 is 5.73 Å². The first-order valence-corrected chi connectivity index (χ1v) is 4.46. The third kappa shape index (κ3) is 2.95. The molecule has 0 aromatic heterocycles. The maximum atomic E-state index is 5.48. The number of nitrogens with zero attached hydrogens (tertiary/aromatic N) is 1. The molecule has 0 aliphatic carbocycles. The smallest absolute Gasteiger partial charge is 0.0965 e. The fraction of sp³-hybridized carbons (Fsp3) is 0.100. The lowest BCUT2D eigenvalue weighted by Crippen LogP contribution is -2.04. The molecule has 0 saturated carbocycles. The Balaban J connectivity index is 3.00. The molecule has 0 fully saturated rings. The fourth-order valence-electron chi connectivity index (χ4n) is 0.967. The van der Waals surface area contributed by atoms with Crippen LogP contribution in [0.4, 0.5) is 0 Å². The number of benzene rings is 1. The molecular weight excluding hydrogens is 180 g/mol. The van der Waals surface area contributed by atoms with Crippen molar-refractivity contribution in [2.24, 2.45) is 10.7 Å². The van der Waals surface area contributed by atoms with E-state index in [0.29, 0.717) is 5.84 Å². The molecule has 0 heterocycles. The summed E-state index contributed by atoms with van der Waals surface area (Å²) < 4.78 is 0. The Hall–Kier alpha value is -1.22. The molecule has 0 unspecified atom stereocenters. The summed E-state index contributed by atoms with van der Waals surface area (Å²) in [5, 5.41) is 1.64. The van der Waals surface area contributed by atoms with E-state index in [0.717, 1.165) is 11.3 Å². The average Bonchev–Trinajstić information content (AvgIpc) is 2.15. The van der Waals surface area contributed by atoms with Crippen LogP contribution in [0.2, 0.25) is 0 Å². The van der Waals surface area contributed by atoms with Crippen LogP contribution in [0.15, 0.2) is 40.7 Å². The van der Waals surface area contributed by atoms with Crippen LogP contribution in [-0.2, 0) is 0 Å². The Bertz CT molecular complexity index is 324. The molecule has 0 spiro atoms. The molecule has 0 amide bonds. The topological polar surface area (TPSA) is 38.4 Å². The summed E-state index contributed by atoms with van der Waals surface area (Å²) in [7, 11) is 0. The molecule has 0 aliphatic heterocycles. The second-order valence-electron chi connectivity index (χ2n) is 2.63. The van der Waals surface area contributed by atoms with E-state index in [-0.39, 0.29) is 0 Å². The molecule has 1 rings (SSSR count). The van der Waals surface area contributed by atoms with Crippen LogP contribution in [0.5, 0.6) is 0 Å². The van der Waals surface area contributed by atoms with Gasteiger partial charge in [0.1, 0.15) is 0 Å². The number of hydrogen-bond acceptors (Lipinski definition) is 2. The molecule has 1 aromatic rings. The van der Waals surface area contributed by atoms with Crippen LogP contribution >= 0.6 is 12.6 Å². The van der Waals surface area contributed by atoms with Gasteiger partial charge in [0.15, 0.2) is 0 Å². The maximum absolute atomic E-state index is 5.48. The second kappa shape index (κ2) is 4.72. The number of rotatable bonds is 2. The van der Waals surface area contributed by atoms with Crippen LogP contribution in [0.3, 0.4) is 0 Å². The van der Waals surface area contributed by atoms with Gasteiger partial charge in [-0.2, -0.15) is 0 Å². The molecular formula is C10H12N2S. The molecule has 0 saturated heterocycles. The summed E-state index contributed by atoms with van der Waals surface area (Å²) in [4.78, 5) is 4.14. The van der Waals surface area contributed by atoms with Crippen molar-refractivity contribution in [1.82, 2.24) is 0 Å². The highest BCUT2D eigenvalue weighted by atomic mass is 32.1. The molecule has 13 heavy (non-hydrogen) atoms. The van der Waals surface area contributed by atoms with Crippen molar-refractivity contribution in [2.45, 2.75) is 6.92 Å². The monoisotopic (exact) mass is 192 g/mol. The zero-order valence-electron chi connectivity index (χ0n) is 7.44. The van der Waals surface area contributed by atoms with Gasteiger partial charge in [0.05, 0.1) is 11.5 Å². The van der Waals surface area contributed by atoms with Gasteiger partial charge in [0.25, 0.3) is 0 Å². The minimum absolute atomic E-state index is 0.532. The summed E-state index contributed by atoms with van der Waals surface area (Å²) in [6.07, 6.45) is 0. The minimum Gasteiger partial charge on any atom is -0.387 e. The number of thiol groups is 1. The molecule has 1 aromatic carbocycles. The van der Waals surface area contributed by atoms with Gasteiger partial charge in [-0.15, -0.1) is 12.6 Å². The highest BCUT2D eigenvalue weighted by Crippen LogP contribution is 2.15. The second-order valence-corrected chi connectivity index (χ2v) is 2.89. The van der Waals surface area contributed by atoms with Gasteiger partial charge in [0, 0.05) is 5.56 Å². The molecule has 3 heteroatoms. The lowest BCUT2D eigenvalue weighted by atomic mass is 10.2. The Labute approximate surface area is 83.6 Å². The molecule has 0 atom stereocenters. The molecule has 0 bridgehead atoms. The first-order valence-electron chi connectivity index (χ1n) is 3.94. The Morgan fingerprint density at radius 1 is 1.38 bits per heavy atom. The van der Waals surface area contributed by atoms with Crippen molar-refractivity contribution in [3.8, 4) is 0 Å².